The molecule has 3 aliphatic heterocycles. The Morgan fingerprint density at radius 3 is 2.61 bits per heavy atom. The van der Waals surface area contributed by atoms with Gasteiger partial charge in [0, 0.05) is 12.1 Å². The monoisotopic (exact) mass is 344 g/mol. The van der Waals surface area contributed by atoms with Gasteiger partial charge in [0.1, 0.15) is 19.6 Å². The number of ether oxygens (including phenoxy) is 1. The zero-order valence-corrected chi connectivity index (χ0v) is 15.4. The highest BCUT2D eigenvalue weighted by atomic mass is 28.4. The van der Waals surface area contributed by atoms with Gasteiger partial charge in [0.2, 0.25) is 0 Å². The number of quaternary nitrogens is 1. The zero-order valence-electron chi connectivity index (χ0n) is 14.4. The molecule has 7 heteroatoms. The highest BCUT2D eigenvalue weighted by Crippen LogP contribution is 2.28. The summed E-state index contributed by atoms with van der Waals surface area (Å²) in [5, 5.41) is 0. The predicted molar refractivity (Wildman–Crippen MR) is 88.8 cm³/mol. The number of esters is 1. The van der Waals surface area contributed by atoms with Crippen LogP contribution in [0, 0.1) is 0 Å². The van der Waals surface area contributed by atoms with Gasteiger partial charge in [-0.15, -0.1) is 0 Å². The molecule has 132 valence electrons. The van der Waals surface area contributed by atoms with Crippen molar-refractivity contribution in [1.29, 1.82) is 0 Å². The third-order valence-corrected chi connectivity index (χ3v) is 7.82. The fraction of sp³-hybridized carbons (Fsp3) is 0.812. The summed E-state index contributed by atoms with van der Waals surface area (Å²) in [7, 11) is -2.67. The first kappa shape index (κ1) is 18.6. The molecule has 1 atom stereocenters. The average molecular weight is 345 g/mol. The second-order valence-corrected chi connectivity index (χ2v) is 8.97. The highest BCUT2D eigenvalue weighted by Gasteiger charge is 2.49. The molecule has 3 saturated heterocycles. The quantitative estimate of drug-likeness (QED) is 0.231. The maximum Gasteiger partial charge on any atom is 0.501 e. The summed E-state index contributed by atoms with van der Waals surface area (Å²) in [6, 6.07) is 0.694. The lowest BCUT2D eigenvalue weighted by atomic mass is 10.2. The summed E-state index contributed by atoms with van der Waals surface area (Å²) in [5.41, 5.74) is 0. The topological polar surface area (TPSA) is 54.0 Å². The van der Waals surface area contributed by atoms with E-state index in [2.05, 4.69) is 20.4 Å². The Balaban J connectivity index is 1.99. The molecule has 1 unspecified atom stereocenters. The van der Waals surface area contributed by atoms with E-state index in [1.54, 1.807) is 0 Å². The molecule has 0 saturated carbocycles. The fourth-order valence-corrected chi connectivity index (χ4v) is 6.06. The molecule has 0 spiro atoms. The molecule has 0 aromatic heterocycles. The molecule has 6 nitrogen and oxygen atoms in total. The molecule has 3 aliphatic rings. The number of hydrogen-bond acceptors (Lipinski definition) is 5. The number of hydrogen-bond donors (Lipinski definition) is 0. The van der Waals surface area contributed by atoms with Crippen LogP contribution in [0.4, 0.5) is 0 Å². The van der Waals surface area contributed by atoms with Crippen LogP contribution in [0.15, 0.2) is 12.7 Å². The summed E-state index contributed by atoms with van der Waals surface area (Å²) in [5.74, 6) is -0.390. The number of fused-ring (bicyclic) bond motifs is 6. The summed E-state index contributed by atoms with van der Waals surface area (Å²) in [6.07, 6.45) is 3.02. The van der Waals surface area contributed by atoms with Crippen LogP contribution in [0.2, 0.25) is 6.04 Å². The van der Waals surface area contributed by atoms with E-state index in [1.807, 2.05) is 0 Å². The van der Waals surface area contributed by atoms with Crippen LogP contribution >= 0.6 is 0 Å². The van der Waals surface area contributed by atoms with Crippen LogP contribution in [0.3, 0.4) is 0 Å². The molecule has 0 radical (unpaired) electrons. The van der Waals surface area contributed by atoms with Gasteiger partial charge in [0.25, 0.3) is 0 Å². The SMILES string of the molecule is C=CC(=O)OCCC[Si]12OCC[N+](CC)(CCO1)CC(CC)O2. The minimum atomic E-state index is -2.67. The lowest BCUT2D eigenvalue weighted by Crippen LogP contribution is -2.65. The van der Waals surface area contributed by atoms with Crippen molar-refractivity contribution in [2.75, 3.05) is 46.0 Å². The Labute approximate surface area is 140 Å². The maximum absolute atomic E-state index is 11.1. The van der Waals surface area contributed by atoms with E-state index in [9.17, 15) is 4.79 Å². The Kier molecular flexibility index (Phi) is 6.79. The molecule has 0 aromatic carbocycles. The molecule has 3 rings (SSSR count). The Hall–Kier alpha value is -0.733. The van der Waals surface area contributed by atoms with Crippen LogP contribution in [-0.4, -0.2) is 71.4 Å². The van der Waals surface area contributed by atoms with Crippen molar-refractivity contribution in [3.8, 4) is 0 Å². The lowest BCUT2D eigenvalue weighted by Gasteiger charge is -2.47. The van der Waals surface area contributed by atoms with Crippen molar-refractivity contribution in [3.05, 3.63) is 12.7 Å². The summed E-state index contributed by atoms with van der Waals surface area (Å²) in [4.78, 5) is 11.1. The van der Waals surface area contributed by atoms with Crippen LogP contribution in [0.25, 0.3) is 0 Å². The van der Waals surface area contributed by atoms with Crippen molar-refractivity contribution in [2.45, 2.75) is 38.8 Å². The zero-order chi connectivity index (χ0) is 16.8. The number of nitrogens with zero attached hydrogens (tertiary/aromatic N) is 1. The van der Waals surface area contributed by atoms with Crippen LogP contribution in [0.5, 0.6) is 0 Å². The van der Waals surface area contributed by atoms with Crippen molar-refractivity contribution in [1.82, 2.24) is 0 Å². The van der Waals surface area contributed by atoms with Gasteiger partial charge in [0.05, 0.1) is 32.5 Å². The first-order chi connectivity index (χ1) is 11.1. The molecular formula is C16H30NO5Si+. The molecule has 23 heavy (non-hydrogen) atoms. The van der Waals surface area contributed by atoms with Gasteiger partial charge in [0.15, 0.2) is 0 Å². The molecular weight excluding hydrogens is 314 g/mol. The summed E-state index contributed by atoms with van der Waals surface area (Å²) in [6.45, 7) is 13.7. The number of likely N-dealkylation sites (N-methyl/N-ethyl adjacent to an activating group) is 1. The average Bonchev–Trinajstić information content (AvgIpc) is 2.52. The maximum atomic E-state index is 11.1. The molecule has 2 bridgehead atoms. The predicted octanol–water partition coefficient (Wildman–Crippen LogP) is 1.74. The molecule has 0 aliphatic carbocycles. The van der Waals surface area contributed by atoms with Gasteiger partial charge in [-0.25, -0.2) is 4.79 Å². The van der Waals surface area contributed by atoms with Gasteiger partial charge in [-0.1, -0.05) is 13.5 Å². The van der Waals surface area contributed by atoms with Crippen molar-refractivity contribution in [3.63, 3.8) is 0 Å². The molecule has 3 fully saturated rings. The number of carbonyl (C=O) groups excluding carboxylic acids is 1. The van der Waals surface area contributed by atoms with Crippen LogP contribution in [-0.2, 0) is 22.8 Å². The number of rotatable bonds is 7. The van der Waals surface area contributed by atoms with E-state index in [1.165, 1.54) is 6.08 Å². The van der Waals surface area contributed by atoms with Crippen molar-refractivity contribution < 1.29 is 27.3 Å². The molecule has 0 N–H and O–H groups in total. The lowest BCUT2D eigenvalue weighted by molar-refractivity contribution is -0.931. The van der Waals surface area contributed by atoms with Crippen LogP contribution < -0.4 is 0 Å². The fourth-order valence-electron chi connectivity index (χ4n) is 3.30. The third kappa shape index (κ3) is 4.87. The first-order valence-corrected chi connectivity index (χ1v) is 10.6. The van der Waals surface area contributed by atoms with E-state index in [0.717, 1.165) is 37.1 Å². The van der Waals surface area contributed by atoms with Gasteiger partial charge < -0.3 is 22.5 Å². The van der Waals surface area contributed by atoms with E-state index in [0.29, 0.717) is 32.3 Å². The van der Waals surface area contributed by atoms with E-state index in [-0.39, 0.29) is 6.10 Å². The second-order valence-electron chi connectivity index (χ2n) is 6.29. The van der Waals surface area contributed by atoms with E-state index < -0.39 is 14.8 Å². The molecule has 3 heterocycles. The minimum absolute atomic E-state index is 0.179. The first-order valence-electron chi connectivity index (χ1n) is 8.67. The van der Waals surface area contributed by atoms with Crippen molar-refractivity contribution >= 4 is 14.8 Å². The summed E-state index contributed by atoms with van der Waals surface area (Å²) >= 11 is 0. The summed E-state index contributed by atoms with van der Waals surface area (Å²) < 4.78 is 24.7. The van der Waals surface area contributed by atoms with Crippen molar-refractivity contribution in [2.24, 2.45) is 0 Å². The minimum Gasteiger partial charge on any atom is -0.463 e. The highest BCUT2D eigenvalue weighted by molar-refractivity contribution is 6.60. The van der Waals surface area contributed by atoms with Gasteiger partial charge in [-0.3, -0.25) is 0 Å². The van der Waals surface area contributed by atoms with Gasteiger partial charge in [-0.05, 0) is 19.8 Å². The smallest absolute Gasteiger partial charge is 0.463 e. The van der Waals surface area contributed by atoms with E-state index in [4.69, 9.17) is 18.0 Å². The van der Waals surface area contributed by atoms with Crippen LogP contribution in [0.1, 0.15) is 26.7 Å². The normalized spacial score (nSPS) is 34.3. The molecule has 0 amide bonds. The Morgan fingerprint density at radius 1 is 1.35 bits per heavy atom. The standard InChI is InChI=1S/C16H30NO5Si/c1-4-15-14-17(6-3)8-11-20-23(22-15,21-12-9-17)13-7-10-19-16(18)5-2/h5,15H,2,4,6-14H2,1,3H3/q+1. The Bertz CT molecular complexity index is 407. The van der Waals surface area contributed by atoms with E-state index >= 15 is 0 Å². The third-order valence-electron chi connectivity index (χ3n) is 4.88. The van der Waals surface area contributed by atoms with Gasteiger partial charge in [-0.2, -0.15) is 0 Å². The second kappa shape index (κ2) is 8.39. The Morgan fingerprint density at radius 2 is 2.04 bits per heavy atom. The largest absolute Gasteiger partial charge is 0.501 e. The number of carbonyl (C=O) groups is 1. The van der Waals surface area contributed by atoms with Gasteiger partial charge >= 0.3 is 14.8 Å². The molecule has 0 aromatic rings.